The molecule has 1 heterocycles. The fourth-order valence-corrected chi connectivity index (χ4v) is 4.10. The van der Waals surface area contributed by atoms with E-state index in [-0.39, 0.29) is 25.6 Å². The number of nitrogens with zero attached hydrogens (tertiary/aromatic N) is 2. The molecule has 178 valence electrons. The van der Waals surface area contributed by atoms with Crippen LogP contribution in [-0.4, -0.2) is 41.5 Å². The second-order valence-corrected chi connectivity index (χ2v) is 8.64. The molecule has 0 saturated heterocycles. The van der Waals surface area contributed by atoms with Crippen LogP contribution in [0.2, 0.25) is 5.02 Å². The van der Waals surface area contributed by atoms with Gasteiger partial charge in [-0.2, -0.15) is 13.2 Å². The molecule has 0 saturated carbocycles. The lowest BCUT2D eigenvalue weighted by molar-refractivity contribution is -0.139. The molecule has 1 unspecified atom stereocenters. The van der Waals surface area contributed by atoms with Gasteiger partial charge in [-0.05, 0) is 36.2 Å². The summed E-state index contributed by atoms with van der Waals surface area (Å²) in [4.78, 5) is 8.66. The van der Waals surface area contributed by atoms with Gasteiger partial charge in [0.15, 0.2) is 9.03 Å². The van der Waals surface area contributed by atoms with Crippen LogP contribution in [0.15, 0.2) is 42.5 Å². The van der Waals surface area contributed by atoms with Crippen molar-refractivity contribution in [2.45, 2.75) is 19.0 Å². The van der Waals surface area contributed by atoms with Crippen LogP contribution in [-0.2, 0) is 28.3 Å². The second kappa shape index (κ2) is 12.6. The first-order chi connectivity index (χ1) is 15.9. The molecule has 1 atom stereocenters. The van der Waals surface area contributed by atoms with Crippen LogP contribution in [0.1, 0.15) is 16.1 Å². The summed E-state index contributed by atoms with van der Waals surface area (Å²) in [5.74, 6) is -0.275. The Balaban J connectivity index is 1.56. The molecule has 2 aromatic carbocycles. The van der Waals surface area contributed by atoms with Gasteiger partial charge in [-0.3, -0.25) is 0 Å². The normalized spacial score (nSPS) is 12.0. The first kappa shape index (κ1) is 25.8. The summed E-state index contributed by atoms with van der Waals surface area (Å²) in [6.07, 6.45) is -3.59. The number of hydrogen-bond donors (Lipinski definition) is 1. The Morgan fingerprint density at radius 1 is 1.00 bits per heavy atom. The molecule has 0 amide bonds. The van der Waals surface area contributed by atoms with Gasteiger partial charge in [-0.15, -0.1) is 10.2 Å². The molecule has 3 aromatic rings. The zero-order valence-electron chi connectivity index (χ0n) is 17.3. The number of halogens is 4. The third-order valence-corrected chi connectivity index (χ3v) is 6.17. The van der Waals surface area contributed by atoms with E-state index >= 15 is 0 Å². The minimum Gasteiger partial charge on any atom is -0.491 e. The van der Waals surface area contributed by atoms with Crippen molar-refractivity contribution in [1.82, 2.24) is 10.2 Å². The minimum absolute atomic E-state index is 0.0283. The molecule has 0 aliphatic rings. The summed E-state index contributed by atoms with van der Waals surface area (Å²) in [7, 11) is -0.626. The fourth-order valence-electron chi connectivity index (χ4n) is 2.86. The van der Waals surface area contributed by atoms with Gasteiger partial charge in [0.05, 0.1) is 25.4 Å². The van der Waals surface area contributed by atoms with E-state index in [0.717, 1.165) is 11.6 Å². The first-order valence-corrected chi connectivity index (χ1v) is 11.9. The Labute approximate surface area is 199 Å². The van der Waals surface area contributed by atoms with Crippen LogP contribution >= 0.6 is 32.0 Å². The Morgan fingerprint density at radius 3 is 2.58 bits per heavy atom. The zero-order valence-corrected chi connectivity index (χ0v) is 19.8. The van der Waals surface area contributed by atoms with Crippen molar-refractivity contribution < 1.29 is 32.1 Å². The number of benzene rings is 2. The summed E-state index contributed by atoms with van der Waals surface area (Å²) in [5, 5.41) is 9.52. The van der Waals surface area contributed by atoms with E-state index in [0.29, 0.717) is 40.0 Å². The standard InChI is InChI=1S/C21H21ClF3N2O4PS/c22-17-4-2-1-3-14(17)7-9-29-11-12-30-18-6-5-15(13-16(18)21(23,24)25)20-27-26-19(33-20)8-10-31-32-28/h1-6,13,28,32H,7-12H2. The van der Waals surface area contributed by atoms with Crippen molar-refractivity contribution in [2.24, 2.45) is 0 Å². The van der Waals surface area contributed by atoms with Crippen LogP contribution in [0.4, 0.5) is 13.2 Å². The lowest BCUT2D eigenvalue weighted by atomic mass is 10.1. The largest absolute Gasteiger partial charge is 0.491 e. The predicted octanol–water partition coefficient (Wildman–Crippen LogP) is 5.58. The summed E-state index contributed by atoms with van der Waals surface area (Å²) in [6.45, 7) is 0.741. The number of alkyl halides is 3. The summed E-state index contributed by atoms with van der Waals surface area (Å²) in [6, 6.07) is 11.2. The van der Waals surface area contributed by atoms with Crippen molar-refractivity contribution in [3.05, 3.63) is 63.6 Å². The molecule has 33 heavy (non-hydrogen) atoms. The second-order valence-electron chi connectivity index (χ2n) is 6.70. The zero-order chi connectivity index (χ0) is 23.7. The van der Waals surface area contributed by atoms with E-state index < -0.39 is 20.8 Å². The van der Waals surface area contributed by atoms with Crippen LogP contribution in [0.5, 0.6) is 5.75 Å². The summed E-state index contributed by atoms with van der Waals surface area (Å²) in [5.41, 5.74) is 0.341. The molecule has 3 rings (SSSR count). The maximum absolute atomic E-state index is 13.6. The van der Waals surface area contributed by atoms with Crippen LogP contribution in [0, 0.1) is 0 Å². The average molecular weight is 521 g/mol. The monoisotopic (exact) mass is 520 g/mol. The molecular formula is C21H21ClF3N2O4PS. The van der Waals surface area contributed by atoms with Crippen molar-refractivity contribution >= 4 is 32.0 Å². The number of ether oxygens (including phenoxy) is 2. The van der Waals surface area contributed by atoms with E-state index in [9.17, 15) is 13.2 Å². The Morgan fingerprint density at radius 2 is 1.82 bits per heavy atom. The molecule has 0 radical (unpaired) electrons. The molecule has 1 N–H and O–H groups in total. The van der Waals surface area contributed by atoms with E-state index in [1.54, 1.807) is 6.07 Å². The maximum atomic E-state index is 13.6. The number of aromatic nitrogens is 2. The van der Waals surface area contributed by atoms with Gasteiger partial charge in [-0.25, -0.2) is 0 Å². The van der Waals surface area contributed by atoms with Crippen molar-refractivity contribution in [3.8, 4) is 16.3 Å². The minimum atomic E-state index is -4.60. The quantitative estimate of drug-likeness (QED) is 0.248. The smallest absolute Gasteiger partial charge is 0.419 e. The van der Waals surface area contributed by atoms with Crippen LogP contribution < -0.4 is 4.74 Å². The van der Waals surface area contributed by atoms with Gasteiger partial charge in [0.25, 0.3) is 0 Å². The van der Waals surface area contributed by atoms with E-state index in [1.165, 1.54) is 23.5 Å². The Hall–Kier alpha value is -1.81. The lowest BCUT2D eigenvalue weighted by Crippen LogP contribution is -2.13. The predicted molar refractivity (Wildman–Crippen MR) is 122 cm³/mol. The molecule has 12 heteroatoms. The average Bonchev–Trinajstić information content (AvgIpc) is 3.26. The number of hydrogen-bond acceptors (Lipinski definition) is 7. The Kier molecular flexibility index (Phi) is 9.85. The number of rotatable bonds is 12. The molecule has 0 aliphatic carbocycles. The highest BCUT2D eigenvalue weighted by atomic mass is 35.5. The molecule has 0 spiro atoms. The Bertz CT molecular complexity index is 1040. The lowest BCUT2D eigenvalue weighted by Gasteiger charge is -2.15. The first-order valence-electron chi connectivity index (χ1n) is 9.87. The molecule has 6 nitrogen and oxygen atoms in total. The third kappa shape index (κ3) is 7.88. The van der Waals surface area contributed by atoms with Gasteiger partial charge in [0.2, 0.25) is 0 Å². The maximum Gasteiger partial charge on any atom is 0.419 e. The van der Waals surface area contributed by atoms with Crippen molar-refractivity contribution in [1.29, 1.82) is 0 Å². The van der Waals surface area contributed by atoms with Gasteiger partial charge >= 0.3 is 6.18 Å². The highest BCUT2D eigenvalue weighted by molar-refractivity contribution is 7.24. The SMILES string of the molecule is OPOCCc1nnc(-c2ccc(OCCOCCc3ccccc3Cl)c(C(F)(F)F)c2)s1. The third-order valence-electron chi connectivity index (χ3n) is 4.44. The van der Waals surface area contributed by atoms with E-state index in [1.807, 2.05) is 18.2 Å². The van der Waals surface area contributed by atoms with Crippen molar-refractivity contribution in [2.75, 3.05) is 26.4 Å². The van der Waals surface area contributed by atoms with E-state index in [4.69, 9.17) is 30.5 Å². The van der Waals surface area contributed by atoms with Gasteiger partial charge in [0, 0.05) is 17.0 Å². The van der Waals surface area contributed by atoms with Gasteiger partial charge < -0.3 is 18.9 Å². The highest BCUT2D eigenvalue weighted by Crippen LogP contribution is 2.39. The molecular weight excluding hydrogens is 500 g/mol. The van der Waals surface area contributed by atoms with Crippen molar-refractivity contribution in [3.63, 3.8) is 0 Å². The highest BCUT2D eigenvalue weighted by Gasteiger charge is 2.35. The summed E-state index contributed by atoms with van der Waals surface area (Å²) < 4.78 is 56.5. The van der Waals surface area contributed by atoms with Gasteiger partial charge in [-0.1, -0.05) is 41.1 Å². The molecule has 0 bridgehead atoms. The van der Waals surface area contributed by atoms with Crippen LogP contribution in [0.3, 0.4) is 0 Å². The van der Waals surface area contributed by atoms with Crippen LogP contribution in [0.25, 0.3) is 10.6 Å². The van der Waals surface area contributed by atoms with Gasteiger partial charge in [0.1, 0.15) is 22.4 Å². The topological polar surface area (TPSA) is 73.7 Å². The molecule has 1 aromatic heterocycles. The molecule has 0 aliphatic heterocycles. The summed E-state index contributed by atoms with van der Waals surface area (Å²) >= 11 is 7.25. The molecule has 0 fully saturated rings. The fraction of sp³-hybridized carbons (Fsp3) is 0.333. The van der Waals surface area contributed by atoms with E-state index in [2.05, 4.69) is 10.2 Å².